The lowest BCUT2D eigenvalue weighted by Gasteiger charge is -1.99. The Labute approximate surface area is 103 Å². The van der Waals surface area contributed by atoms with Crippen LogP contribution in [0.3, 0.4) is 0 Å². The van der Waals surface area contributed by atoms with Gasteiger partial charge in [0, 0.05) is 19.6 Å². The Hall–Kier alpha value is -0.0000000000000000833. The highest BCUT2D eigenvalue weighted by atomic mass is 79.9. The highest BCUT2D eigenvalue weighted by Crippen LogP contribution is 2.28. The summed E-state index contributed by atoms with van der Waals surface area (Å²) < 4.78 is 5.28. The molecule has 0 N–H and O–H groups in total. The highest BCUT2D eigenvalue weighted by molar-refractivity contribution is 9.09. The largest absolute Gasteiger partial charge is 0.382 e. The molecule has 0 aliphatic carbocycles. The fourth-order valence-electron chi connectivity index (χ4n) is 1.14. The molecule has 0 bridgehead atoms. The number of hydrogen-bond donors (Lipinski definition) is 0. The summed E-state index contributed by atoms with van der Waals surface area (Å²) in [7, 11) is 0. The molecule has 1 aromatic rings. The molecule has 15 heavy (non-hydrogen) atoms. The minimum atomic E-state index is 0.357. The van der Waals surface area contributed by atoms with Crippen LogP contribution in [0.2, 0.25) is 0 Å². The van der Waals surface area contributed by atoms with Gasteiger partial charge in [-0.25, -0.2) is 0 Å². The van der Waals surface area contributed by atoms with Crippen molar-refractivity contribution in [1.82, 2.24) is 10.2 Å². The topological polar surface area (TPSA) is 35.0 Å². The molecule has 1 aromatic heterocycles. The van der Waals surface area contributed by atoms with Gasteiger partial charge < -0.3 is 4.74 Å². The van der Waals surface area contributed by atoms with Crippen LogP contribution in [0.15, 0.2) is 0 Å². The van der Waals surface area contributed by atoms with Gasteiger partial charge in [0.15, 0.2) is 0 Å². The summed E-state index contributed by atoms with van der Waals surface area (Å²) in [5.74, 6) is 0. The zero-order valence-electron chi connectivity index (χ0n) is 9.20. The summed E-state index contributed by atoms with van der Waals surface area (Å²) in [6.07, 6.45) is 3.05. The standard InChI is InChI=1S/C10H17BrN2OS/c1-3-8(11)10-13-12-9(15-10)6-5-7-14-4-2/h8H,3-7H2,1-2H3. The summed E-state index contributed by atoms with van der Waals surface area (Å²) in [5, 5.41) is 10.5. The number of hydrogen-bond acceptors (Lipinski definition) is 4. The average molecular weight is 293 g/mol. The van der Waals surface area contributed by atoms with E-state index in [9.17, 15) is 0 Å². The second kappa shape index (κ2) is 7.30. The molecule has 1 heterocycles. The van der Waals surface area contributed by atoms with Gasteiger partial charge in [0.2, 0.25) is 0 Å². The van der Waals surface area contributed by atoms with E-state index in [1.54, 1.807) is 11.3 Å². The lowest BCUT2D eigenvalue weighted by atomic mass is 10.3. The quantitative estimate of drug-likeness (QED) is 0.571. The molecule has 1 rings (SSSR count). The molecule has 0 radical (unpaired) electrons. The molecule has 0 aliphatic rings. The van der Waals surface area contributed by atoms with Crippen molar-refractivity contribution in [3.05, 3.63) is 10.0 Å². The predicted molar refractivity (Wildman–Crippen MR) is 66.7 cm³/mol. The van der Waals surface area contributed by atoms with E-state index in [-0.39, 0.29) is 0 Å². The molecule has 0 saturated carbocycles. The van der Waals surface area contributed by atoms with Gasteiger partial charge in [0.05, 0.1) is 4.83 Å². The molecular weight excluding hydrogens is 276 g/mol. The third-order valence-corrected chi connectivity index (χ3v) is 4.47. The molecule has 1 unspecified atom stereocenters. The Kier molecular flexibility index (Phi) is 6.36. The third kappa shape index (κ3) is 4.57. The SMILES string of the molecule is CCOCCCc1nnc(C(Br)CC)s1. The zero-order chi connectivity index (χ0) is 11.1. The molecule has 0 spiro atoms. The molecule has 5 heteroatoms. The van der Waals surface area contributed by atoms with Gasteiger partial charge in [-0.2, -0.15) is 0 Å². The van der Waals surface area contributed by atoms with Crippen LogP contribution in [0.25, 0.3) is 0 Å². The van der Waals surface area contributed by atoms with E-state index in [0.717, 1.165) is 42.5 Å². The number of halogens is 1. The summed E-state index contributed by atoms with van der Waals surface area (Å²) in [6.45, 7) is 5.76. The van der Waals surface area contributed by atoms with E-state index in [2.05, 4.69) is 33.1 Å². The Morgan fingerprint density at radius 1 is 1.40 bits per heavy atom. The van der Waals surface area contributed by atoms with Crippen molar-refractivity contribution in [2.75, 3.05) is 13.2 Å². The zero-order valence-corrected chi connectivity index (χ0v) is 11.6. The van der Waals surface area contributed by atoms with Crippen LogP contribution in [0.1, 0.15) is 41.5 Å². The van der Waals surface area contributed by atoms with Gasteiger partial charge in [0.25, 0.3) is 0 Å². The van der Waals surface area contributed by atoms with Crippen molar-refractivity contribution in [2.45, 2.75) is 37.9 Å². The normalized spacial score (nSPS) is 13.0. The van der Waals surface area contributed by atoms with Crippen LogP contribution in [0, 0.1) is 0 Å². The van der Waals surface area contributed by atoms with Crippen LogP contribution in [0.4, 0.5) is 0 Å². The molecule has 0 saturated heterocycles. The van der Waals surface area contributed by atoms with Gasteiger partial charge in [-0.3, -0.25) is 0 Å². The van der Waals surface area contributed by atoms with E-state index in [4.69, 9.17) is 4.74 Å². The monoisotopic (exact) mass is 292 g/mol. The first-order valence-electron chi connectivity index (χ1n) is 5.32. The Morgan fingerprint density at radius 3 is 2.87 bits per heavy atom. The second-order valence-electron chi connectivity index (χ2n) is 3.21. The molecular formula is C10H17BrN2OS. The van der Waals surface area contributed by atoms with Crippen LogP contribution >= 0.6 is 27.3 Å². The number of ether oxygens (including phenoxy) is 1. The van der Waals surface area contributed by atoms with Crippen molar-refractivity contribution in [3.8, 4) is 0 Å². The van der Waals surface area contributed by atoms with E-state index in [1.807, 2.05) is 6.92 Å². The summed E-state index contributed by atoms with van der Waals surface area (Å²) in [5.41, 5.74) is 0. The average Bonchev–Trinajstić information content (AvgIpc) is 2.72. The highest BCUT2D eigenvalue weighted by Gasteiger charge is 2.11. The lowest BCUT2D eigenvalue weighted by molar-refractivity contribution is 0.145. The van der Waals surface area contributed by atoms with Gasteiger partial charge in [-0.15, -0.1) is 21.5 Å². The number of aryl methyl sites for hydroxylation is 1. The molecule has 0 aromatic carbocycles. The van der Waals surface area contributed by atoms with Crippen molar-refractivity contribution >= 4 is 27.3 Å². The van der Waals surface area contributed by atoms with Crippen molar-refractivity contribution in [2.24, 2.45) is 0 Å². The first kappa shape index (κ1) is 13.1. The first-order valence-corrected chi connectivity index (χ1v) is 7.05. The van der Waals surface area contributed by atoms with Gasteiger partial charge in [-0.05, 0) is 19.8 Å². The molecule has 3 nitrogen and oxygen atoms in total. The Morgan fingerprint density at radius 2 is 2.20 bits per heavy atom. The molecule has 86 valence electrons. The van der Waals surface area contributed by atoms with Crippen LogP contribution < -0.4 is 0 Å². The fraction of sp³-hybridized carbons (Fsp3) is 0.800. The van der Waals surface area contributed by atoms with Crippen LogP contribution in [-0.2, 0) is 11.2 Å². The summed E-state index contributed by atoms with van der Waals surface area (Å²) in [4.78, 5) is 0.357. The maximum atomic E-state index is 5.28. The molecule has 0 fully saturated rings. The van der Waals surface area contributed by atoms with Crippen molar-refractivity contribution < 1.29 is 4.74 Å². The second-order valence-corrected chi connectivity index (χ2v) is 5.41. The lowest BCUT2D eigenvalue weighted by Crippen LogP contribution is -1.95. The van der Waals surface area contributed by atoms with Crippen LogP contribution in [-0.4, -0.2) is 23.4 Å². The molecule has 0 aliphatic heterocycles. The van der Waals surface area contributed by atoms with Crippen LogP contribution in [0.5, 0.6) is 0 Å². The van der Waals surface area contributed by atoms with E-state index >= 15 is 0 Å². The summed E-state index contributed by atoms with van der Waals surface area (Å²) in [6, 6.07) is 0. The number of nitrogens with zero attached hydrogens (tertiary/aromatic N) is 2. The van der Waals surface area contributed by atoms with E-state index in [1.165, 1.54) is 0 Å². The van der Waals surface area contributed by atoms with Gasteiger partial charge in [0.1, 0.15) is 10.0 Å². The van der Waals surface area contributed by atoms with E-state index < -0.39 is 0 Å². The Balaban J connectivity index is 2.33. The Bertz CT molecular complexity index is 280. The minimum Gasteiger partial charge on any atom is -0.382 e. The fourth-order valence-corrected chi connectivity index (χ4v) is 2.46. The summed E-state index contributed by atoms with van der Waals surface area (Å²) >= 11 is 5.27. The maximum absolute atomic E-state index is 5.28. The predicted octanol–water partition coefficient (Wildman–Crippen LogP) is 3.35. The van der Waals surface area contributed by atoms with Crippen molar-refractivity contribution in [3.63, 3.8) is 0 Å². The van der Waals surface area contributed by atoms with E-state index in [0.29, 0.717) is 4.83 Å². The molecule has 0 amide bonds. The number of aromatic nitrogens is 2. The molecule has 1 atom stereocenters. The van der Waals surface area contributed by atoms with Gasteiger partial charge >= 0.3 is 0 Å². The maximum Gasteiger partial charge on any atom is 0.131 e. The third-order valence-electron chi connectivity index (χ3n) is 1.99. The van der Waals surface area contributed by atoms with Gasteiger partial charge in [-0.1, -0.05) is 22.9 Å². The number of rotatable bonds is 7. The first-order chi connectivity index (χ1) is 7.27. The smallest absolute Gasteiger partial charge is 0.131 e. The van der Waals surface area contributed by atoms with Crippen molar-refractivity contribution in [1.29, 1.82) is 0 Å². The minimum absolute atomic E-state index is 0.357. The number of alkyl halides is 1.